The summed E-state index contributed by atoms with van der Waals surface area (Å²) in [6.45, 7) is 0.0298. The molecule has 7 heteroatoms. The van der Waals surface area contributed by atoms with Crippen LogP contribution in [0.3, 0.4) is 0 Å². The Hall–Kier alpha value is -2.64. The molecule has 0 aliphatic rings. The quantitative estimate of drug-likeness (QED) is 0.654. The molecule has 0 saturated heterocycles. The summed E-state index contributed by atoms with van der Waals surface area (Å²) in [4.78, 5) is 11.9. The van der Waals surface area contributed by atoms with E-state index in [0.29, 0.717) is 11.3 Å². The molecule has 124 valence electrons. The van der Waals surface area contributed by atoms with Gasteiger partial charge in [0.25, 0.3) is 0 Å². The second kappa shape index (κ2) is 7.29. The summed E-state index contributed by atoms with van der Waals surface area (Å²) in [5.74, 6) is 0.0187. The van der Waals surface area contributed by atoms with Crippen molar-refractivity contribution >= 4 is 23.1 Å². The summed E-state index contributed by atoms with van der Waals surface area (Å²) < 4.78 is 19.1. The van der Waals surface area contributed by atoms with E-state index in [1.807, 2.05) is 5.38 Å². The molecule has 0 spiro atoms. The number of thiophene rings is 1. The summed E-state index contributed by atoms with van der Waals surface area (Å²) in [5, 5.41) is 18.5. The summed E-state index contributed by atoms with van der Waals surface area (Å²) in [5.41, 5.74) is 1.41. The summed E-state index contributed by atoms with van der Waals surface area (Å²) in [6, 6.07) is 8.97. The van der Waals surface area contributed by atoms with E-state index in [1.165, 1.54) is 29.7 Å². The maximum Gasteiger partial charge on any atom is 0.319 e. The lowest BCUT2D eigenvalue weighted by molar-refractivity contribution is 0.175. The molecule has 0 bridgehead atoms. The summed E-state index contributed by atoms with van der Waals surface area (Å²) >= 11 is 1.46. The third-order valence-electron chi connectivity index (χ3n) is 3.40. The van der Waals surface area contributed by atoms with Gasteiger partial charge in [-0.3, -0.25) is 0 Å². The molecular formula is C17H15FN2O3S. The van der Waals surface area contributed by atoms with Gasteiger partial charge in [0, 0.05) is 12.1 Å². The molecular weight excluding hydrogens is 331 g/mol. The summed E-state index contributed by atoms with van der Waals surface area (Å²) in [7, 11) is 0. The smallest absolute Gasteiger partial charge is 0.319 e. The fraction of sp³-hybridized carbons (Fsp3) is 0.118. The van der Waals surface area contributed by atoms with Crippen LogP contribution in [-0.4, -0.2) is 17.7 Å². The highest BCUT2D eigenvalue weighted by Gasteiger charge is 2.12. The SMILES string of the molecule is O=C(NCC(O)c1ccsc1)Nc1cc(-c2ccco2)ccc1F. The van der Waals surface area contributed by atoms with E-state index in [1.54, 1.807) is 29.6 Å². The first kappa shape index (κ1) is 16.2. The van der Waals surface area contributed by atoms with Gasteiger partial charge in [-0.1, -0.05) is 0 Å². The zero-order chi connectivity index (χ0) is 16.9. The van der Waals surface area contributed by atoms with Gasteiger partial charge >= 0.3 is 6.03 Å². The van der Waals surface area contributed by atoms with Crippen LogP contribution in [0.2, 0.25) is 0 Å². The molecule has 1 unspecified atom stereocenters. The van der Waals surface area contributed by atoms with Crippen LogP contribution in [0.1, 0.15) is 11.7 Å². The number of halogens is 1. The Morgan fingerprint density at radius 2 is 2.21 bits per heavy atom. The van der Waals surface area contributed by atoms with Crippen LogP contribution in [-0.2, 0) is 0 Å². The second-order valence-corrected chi connectivity index (χ2v) is 5.86. The standard InChI is InChI=1S/C17H15FN2O3S/c18-13-4-3-11(16-2-1-6-23-16)8-14(13)20-17(22)19-9-15(21)12-5-7-24-10-12/h1-8,10,15,21H,9H2,(H2,19,20,22). The van der Waals surface area contributed by atoms with Crippen molar-refractivity contribution in [1.82, 2.24) is 5.32 Å². The molecule has 0 saturated carbocycles. The Balaban J connectivity index is 1.62. The van der Waals surface area contributed by atoms with Crippen LogP contribution in [0.15, 0.2) is 57.8 Å². The number of furan rings is 1. The molecule has 0 aliphatic carbocycles. The van der Waals surface area contributed by atoms with Gasteiger partial charge in [-0.15, -0.1) is 0 Å². The van der Waals surface area contributed by atoms with Crippen molar-refractivity contribution in [2.45, 2.75) is 6.10 Å². The van der Waals surface area contributed by atoms with Gasteiger partial charge in [-0.05, 0) is 52.7 Å². The molecule has 3 aromatic rings. The number of rotatable bonds is 5. The van der Waals surface area contributed by atoms with Gasteiger partial charge in [0.15, 0.2) is 0 Å². The van der Waals surface area contributed by atoms with Crippen LogP contribution in [0.4, 0.5) is 14.9 Å². The normalized spacial score (nSPS) is 11.9. The summed E-state index contributed by atoms with van der Waals surface area (Å²) in [6.07, 6.45) is 0.714. The lowest BCUT2D eigenvalue weighted by atomic mass is 10.1. The third kappa shape index (κ3) is 3.81. The minimum Gasteiger partial charge on any atom is -0.464 e. The monoisotopic (exact) mass is 346 g/mol. The van der Waals surface area contributed by atoms with Crippen molar-refractivity contribution in [2.75, 3.05) is 11.9 Å². The Bertz CT molecular complexity index is 803. The van der Waals surface area contributed by atoms with Gasteiger partial charge in [0.2, 0.25) is 0 Å². The average molecular weight is 346 g/mol. The highest BCUT2D eigenvalue weighted by molar-refractivity contribution is 7.07. The van der Waals surface area contributed by atoms with Crippen LogP contribution in [0, 0.1) is 5.82 Å². The van der Waals surface area contributed by atoms with Crippen LogP contribution in [0.25, 0.3) is 11.3 Å². The van der Waals surface area contributed by atoms with Gasteiger partial charge < -0.3 is 20.2 Å². The number of aliphatic hydroxyl groups excluding tert-OH is 1. The Labute approximate surface area is 141 Å². The maximum atomic E-state index is 13.9. The largest absolute Gasteiger partial charge is 0.464 e. The highest BCUT2D eigenvalue weighted by atomic mass is 32.1. The number of nitrogens with one attached hydrogen (secondary N) is 2. The zero-order valence-electron chi connectivity index (χ0n) is 12.5. The molecule has 3 N–H and O–H groups in total. The number of carbonyl (C=O) groups is 1. The zero-order valence-corrected chi connectivity index (χ0v) is 13.3. The van der Waals surface area contributed by atoms with Gasteiger partial charge in [0.05, 0.1) is 18.1 Å². The van der Waals surface area contributed by atoms with Crippen molar-refractivity contribution in [2.24, 2.45) is 0 Å². The third-order valence-corrected chi connectivity index (χ3v) is 4.11. The Kier molecular flexibility index (Phi) is 4.93. The second-order valence-electron chi connectivity index (χ2n) is 5.08. The molecule has 0 aliphatic heterocycles. The predicted molar refractivity (Wildman–Crippen MR) is 90.4 cm³/mol. The average Bonchev–Trinajstić information content (AvgIpc) is 3.28. The van der Waals surface area contributed by atoms with E-state index in [4.69, 9.17) is 4.42 Å². The number of urea groups is 1. The molecule has 0 fully saturated rings. The minimum atomic E-state index is -0.804. The van der Waals surface area contributed by atoms with E-state index >= 15 is 0 Å². The number of anilines is 1. The molecule has 5 nitrogen and oxygen atoms in total. The van der Waals surface area contributed by atoms with Crippen molar-refractivity contribution in [3.8, 4) is 11.3 Å². The van der Waals surface area contributed by atoms with E-state index in [2.05, 4.69) is 10.6 Å². The topological polar surface area (TPSA) is 74.5 Å². The van der Waals surface area contributed by atoms with Crippen molar-refractivity contribution in [3.05, 3.63) is 64.8 Å². The molecule has 2 amide bonds. The van der Waals surface area contributed by atoms with Crippen LogP contribution in [0.5, 0.6) is 0 Å². The number of carbonyl (C=O) groups excluding carboxylic acids is 1. The van der Waals surface area contributed by atoms with E-state index in [0.717, 1.165) is 5.56 Å². The van der Waals surface area contributed by atoms with Gasteiger partial charge in [-0.25, -0.2) is 9.18 Å². The molecule has 1 aromatic carbocycles. The lowest BCUT2D eigenvalue weighted by Gasteiger charge is -2.12. The lowest BCUT2D eigenvalue weighted by Crippen LogP contribution is -2.32. The minimum absolute atomic E-state index is 0.0298. The van der Waals surface area contributed by atoms with Crippen LogP contribution < -0.4 is 10.6 Å². The number of aliphatic hydroxyl groups is 1. The first-order chi connectivity index (χ1) is 11.6. The van der Waals surface area contributed by atoms with E-state index in [9.17, 15) is 14.3 Å². The van der Waals surface area contributed by atoms with Crippen LogP contribution >= 0.6 is 11.3 Å². The fourth-order valence-corrected chi connectivity index (χ4v) is 2.86. The first-order valence-electron chi connectivity index (χ1n) is 7.22. The number of benzene rings is 1. The number of hydrogen-bond acceptors (Lipinski definition) is 4. The Morgan fingerprint density at radius 3 is 2.92 bits per heavy atom. The molecule has 0 radical (unpaired) electrons. The number of amides is 2. The number of hydrogen-bond donors (Lipinski definition) is 3. The molecule has 3 rings (SSSR count). The van der Waals surface area contributed by atoms with E-state index in [-0.39, 0.29) is 12.2 Å². The molecule has 2 heterocycles. The van der Waals surface area contributed by atoms with E-state index < -0.39 is 18.0 Å². The van der Waals surface area contributed by atoms with Crippen molar-refractivity contribution in [1.29, 1.82) is 0 Å². The fourth-order valence-electron chi connectivity index (χ4n) is 2.16. The maximum absolute atomic E-state index is 13.9. The molecule has 24 heavy (non-hydrogen) atoms. The first-order valence-corrected chi connectivity index (χ1v) is 8.16. The van der Waals surface area contributed by atoms with Gasteiger partial charge in [-0.2, -0.15) is 11.3 Å². The highest BCUT2D eigenvalue weighted by Crippen LogP contribution is 2.25. The molecule has 2 aromatic heterocycles. The van der Waals surface area contributed by atoms with Gasteiger partial charge in [0.1, 0.15) is 11.6 Å². The molecule has 1 atom stereocenters. The van der Waals surface area contributed by atoms with Crippen molar-refractivity contribution < 1.29 is 18.7 Å². The predicted octanol–water partition coefficient (Wildman–Crippen LogP) is 4.00. The van der Waals surface area contributed by atoms with Crippen molar-refractivity contribution in [3.63, 3.8) is 0 Å². The Morgan fingerprint density at radius 1 is 1.33 bits per heavy atom.